The summed E-state index contributed by atoms with van der Waals surface area (Å²) < 4.78 is 14.2. The molecule has 10 aromatic carbocycles. The first kappa shape index (κ1) is 38.9. The lowest BCUT2D eigenvalue weighted by atomic mass is 9.97. The summed E-state index contributed by atoms with van der Waals surface area (Å²) in [5, 5.41) is 8.98. The van der Waals surface area contributed by atoms with Gasteiger partial charge in [0.1, 0.15) is 5.58 Å². The molecule has 0 bridgehead atoms. The molecule has 0 aliphatic rings. The predicted molar refractivity (Wildman–Crippen MR) is 290 cm³/mol. The van der Waals surface area contributed by atoms with E-state index >= 15 is 0 Å². The first-order valence-electron chi connectivity index (χ1n) is 23.5. The molecule has 0 radical (unpaired) electrons. The van der Waals surface area contributed by atoms with Crippen molar-refractivity contribution in [2.45, 2.75) is 0 Å². The smallest absolute Gasteiger partial charge is 0.238 e. The second kappa shape index (κ2) is 15.2. The summed E-state index contributed by atoms with van der Waals surface area (Å²) in [4.78, 5) is 16.2. The van der Waals surface area contributed by atoms with Gasteiger partial charge in [-0.1, -0.05) is 164 Å². The average Bonchev–Trinajstić information content (AvgIpc) is 4.19. The molecule has 15 rings (SSSR count). The van der Waals surface area contributed by atoms with Gasteiger partial charge < -0.3 is 8.98 Å². The van der Waals surface area contributed by atoms with E-state index in [2.05, 4.69) is 209 Å². The molecule has 5 aromatic heterocycles. The van der Waals surface area contributed by atoms with Crippen molar-refractivity contribution in [1.29, 1.82) is 0 Å². The lowest BCUT2D eigenvalue weighted by Gasteiger charge is -2.15. The summed E-state index contributed by atoms with van der Waals surface area (Å²) in [6.07, 6.45) is 0. The molecule has 15 aromatic rings. The van der Waals surface area contributed by atoms with E-state index in [1.807, 2.05) is 24.3 Å². The van der Waals surface area contributed by atoms with Gasteiger partial charge in [-0.2, -0.15) is 9.97 Å². The lowest BCUT2D eigenvalue weighted by Crippen LogP contribution is -2.07. The van der Waals surface area contributed by atoms with Crippen molar-refractivity contribution >= 4 is 97.1 Å². The van der Waals surface area contributed by atoms with E-state index in [9.17, 15) is 0 Å². The van der Waals surface area contributed by atoms with Crippen LogP contribution in [0.15, 0.2) is 229 Å². The maximum Gasteiger partial charge on any atom is 0.238 e. The third-order valence-corrected chi connectivity index (χ3v) is 15.1. The van der Waals surface area contributed by atoms with Crippen LogP contribution in [0.1, 0.15) is 0 Å². The van der Waals surface area contributed by atoms with Crippen molar-refractivity contribution in [2.75, 3.05) is 0 Å². The topological polar surface area (TPSA) is 61.7 Å². The number of hydrogen-bond donors (Lipinski definition) is 0. The Morgan fingerprint density at radius 3 is 1.64 bits per heavy atom. The van der Waals surface area contributed by atoms with E-state index in [1.54, 1.807) is 11.3 Å². The molecule has 0 amide bonds. The fraction of sp³-hybridized carbons (Fsp3) is 0. The highest BCUT2D eigenvalue weighted by atomic mass is 32.1. The molecule has 0 atom stereocenters. The second-order valence-corrected chi connectivity index (χ2v) is 19.0. The Labute approximate surface area is 404 Å². The van der Waals surface area contributed by atoms with Crippen molar-refractivity contribution < 1.29 is 4.42 Å². The third-order valence-electron chi connectivity index (χ3n) is 14.0. The zero-order valence-electron chi connectivity index (χ0n) is 37.4. The van der Waals surface area contributed by atoms with Gasteiger partial charge in [0.05, 0.1) is 27.8 Å². The highest BCUT2D eigenvalue weighted by Gasteiger charge is 2.26. The van der Waals surface area contributed by atoms with E-state index in [4.69, 9.17) is 19.4 Å². The van der Waals surface area contributed by atoms with E-state index in [0.29, 0.717) is 17.6 Å². The standard InChI is InChI=1S/C63H37N5OS/c1-3-16-38(17-4-1)40-20-15-21-41(34-40)43-36-51-46-24-9-13-28-55(46)69-60(51)54(37-43)67-52-26-11-7-22-44(52)48-31-32-49-45-23-8-12-27-53(45)68(59(49)58(48)67)63-65-61(39-18-5-2-6-19-39)64-62(66-63)42-30-33-57-50(35-42)47-25-10-14-29-56(47)70-57/h1-37H. The molecule has 0 N–H and O–H groups in total. The molecule has 6 nitrogen and oxygen atoms in total. The van der Waals surface area contributed by atoms with Crippen molar-refractivity contribution in [3.63, 3.8) is 0 Å². The van der Waals surface area contributed by atoms with Crippen LogP contribution in [-0.2, 0) is 0 Å². The molecule has 0 aliphatic heterocycles. The van der Waals surface area contributed by atoms with E-state index in [-0.39, 0.29) is 0 Å². The van der Waals surface area contributed by atoms with Gasteiger partial charge in [0, 0.05) is 63.6 Å². The third kappa shape index (κ3) is 5.89. The van der Waals surface area contributed by atoms with Crippen LogP contribution < -0.4 is 0 Å². The Hall–Kier alpha value is -9.17. The largest absolute Gasteiger partial charge is 0.454 e. The number of nitrogens with zero attached hydrogens (tertiary/aromatic N) is 5. The lowest BCUT2D eigenvalue weighted by molar-refractivity contribution is 0.666. The Morgan fingerprint density at radius 2 is 0.886 bits per heavy atom. The quantitative estimate of drug-likeness (QED) is 0.167. The van der Waals surface area contributed by atoms with Crippen LogP contribution in [0.3, 0.4) is 0 Å². The zero-order valence-corrected chi connectivity index (χ0v) is 38.2. The molecule has 0 unspecified atom stereocenters. The number of thiophene rings is 1. The summed E-state index contributed by atoms with van der Waals surface area (Å²) in [6.45, 7) is 0. The van der Waals surface area contributed by atoms with Gasteiger partial charge >= 0.3 is 0 Å². The van der Waals surface area contributed by atoms with Crippen LogP contribution in [0.25, 0.3) is 142 Å². The fourth-order valence-electron chi connectivity index (χ4n) is 10.8. The molecule has 70 heavy (non-hydrogen) atoms. The van der Waals surface area contributed by atoms with Crippen molar-refractivity contribution in [3.05, 3.63) is 224 Å². The molecular formula is C63H37N5OS. The van der Waals surface area contributed by atoms with Gasteiger partial charge in [-0.25, -0.2) is 4.98 Å². The van der Waals surface area contributed by atoms with Crippen molar-refractivity contribution in [2.24, 2.45) is 0 Å². The van der Waals surface area contributed by atoms with E-state index in [0.717, 1.165) is 99.1 Å². The SMILES string of the molecule is c1ccc(-c2cccc(-c3cc(-n4c5ccccc5c5ccc6c7ccccc7n(-c7nc(-c8ccccc8)nc(-c8ccc9sc%10ccccc%10c9c8)n7)c6c54)c4oc5ccccc5c4c3)c2)cc1. The predicted octanol–water partition coefficient (Wildman–Crippen LogP) is 17.0. The molecular weight excluding hydrogens is 875 g/mol. The van der Waals surface area contributed by atoms with Crippen LogP contribution in [0, 0.1) is 0 Å². The van der Waals surface area contributed by atoms with E-state index in [1.165, 1.54) is 25.7 Å². The molecule has 0 fully saturated rings. The summed E-state index contributed by atoms with van der Waals surface area (Å²) in [6, 6.07) is 79.7. The number of para-hydroxylation sites is 3. The molecule has 5 heterocycles. The van der Waals surface area contributed by atoms with Crippen molar-refractivity contribution in [1.82, 2.24) is 24.1 Å². The molecule has 0 aliphatic carbocycles. The normalized spacial score (nSPS) is 12.0. The average molecular weight is 912 g/mol. The maximum atomic E-state index is 7.00. The molecule has 0 saturated carbocycles. The first-order valence-corrected chi connectivity index (χ1v) is 24.3. The van der Waals surface area contributed by atoms with Gasteiger partial charge in [0.2, 0.25) is 5.95 Å². The van der Waals surface area contributed by atoms with Gasteiger partial charge in [-0.05, 0) is 82.9 Å². The minimum Gasteiger partial charge on any atom is -0.454 e. The summed E-state index contributed by atoms with van der Waals surface area (Å²) in [5.74, 6) is 1.74. The Kier molecular flexibility index (Phi) is 8.43. The monoisotopic (exact) mass is 911 g/mol. The Balaban J connectivity index is 1.06. The highest BCUT2D eigenvalue weighted by molar-refractivity contribution is 7.25. The molecule has 0 spiro atoms. The van der Waals surface area contributed by atoms with Gasteiger partial charge in [0.25, 0.3) is 0 Å². The van der Waals surface area contributed by atoms with E-state index < -0.39 is 0 Å². The van der Waals surface area contributed by atoms with Crippen LogP contribution in [0.2, 0.25) is 0 Å². The number of aromatic nitrogens is 5. The summed E-state index contributed by atoms with van der Waals surface area (Å²) in [5.41, 5.74) is 13.1. The number of furan rings is 1. The maximum absolute atomic E-state index is 7.00. The van der Waals surface area contributed by atoms with Crippen LogP contribution in [0.4, 0.5) is 0 Å². The van der Waals surface area contributed by atoms with Gasteiger partial charge in [0.15, 0.2) is 17.2 Å². The number of benzene rings is 10. The minimum atomic E-state index is 0.537. The Morgan fingerprint density at radius 1 is 0.329 bits per heavy atom. The zero-order chi connectivity index (χ0) is 45.9. The summed E-state index contributed by atoms with van der Waals surface area (Å²) in [7, 11) is 0. The first-order chi connectivity index (χ1) is 34.7. The van der Waals surface area contributed by atoms with Gasteiger partial charge in [-0.15, -0.1) is 11.3 Å². The molecule has 7 heteroatoms. The second-order valence-electron chi connectivity index (χ2n) is 17.9. The van der Waals surface area contributed by atoms with Crippen molar-refractivity contribution in [3.8, 4) is 56.7 Å². The number of hydrogen-bond acceptors (Lipinski definition) is 5. The number of rotatable bonds is 6. The molecule has 326 valence electrons. The van der Waals surface area contributed by atoms with Crippen LogP contribution in [-0.4, -0.2) is 24.1 Å². The van der Waals surface area contributed by atoms with Gasteiger partial charge in [-0.3, -0.25) is 4.57 Å². The summed E-state index contributed by atoms with van der Waals surface area (Å²) >= 11 is 1.81. The van der Waals surface area contributed by atoms with Crippen LogP contribution in [0.5, 0.6) is 0 Å². The highest BCUT2D eigenvalue weighted by Crippen LogP contribution is 2.45. The molecule has 0 saturated heterocycles. The fourth-order valence-corrected chi connectivity index (χ4v) is 11.9. The number of fused-ring (bicyclic) bond motifs is 13. The minimum absolute atomic E-state index is 0.537. The Bertz CT molecular complexity index is 4600. The van der Waals surface area contributed by atoms with Crippen LogP contribution >= 0.6 is 11.3 Å².